The van der Waals surface area contributed by atoms with Crippen LogP contribution in [0.25, 0.3) is 5.69 Å². The molecule has 0 bridgehead atoms. The number of aryl methyl sites for hydroxylation is 1. The Bertz CT molecular complexity index is 558. The molecule has 0 fully saturated rings. The lowest BCUT2D eigenvalue weighted by Crippen LogP contribution is -2.18. The molecule has 0 aliphatic rings. The van der Waals surface area contributed by atoms with Crippen LogP contribution in [0.1, 0.15) is 23.9 Å². The van der Waals surface area contributed by atoms with Crippen molar-refractivity contribution in [1.82, 2.24) is 9.78 Å². The van der Waals surface area contributed by atoms with Crippen LogP contribution in [0.2, 0.25) is 0 Å². The van der Waals surface area contributed by atoms with E-state index in [-0.39, 0.29) is 6.04 Å². The van der Waals surface area contributed by atoms with Crippen molar-refractivity contribution >= 4 is 15.9 Å². The SMILES string of the molecule is Cc1nn(-c2ccccc2Br)c(C)c1CC(C)N. The lowest BCUT2D eigenvalue weighted by molar-refractivity contribution is 0.730. The highest BCUT2D eigenvalue weighted by molar-refractivity contribution is 9.10. The minimum absolute atomic E-state index is 0.152. The molecule has 1 unspecified atom stereocenters. The van der Waals surface area contributed by atoms with E-state index in [2.05, 4.69) is 34.0 Å². The lowest BCUT2D eigenvalue weighted by Gasteiger charge is -2.08. The second kappa shape index (κ2) is 5.24. The summed E-state index contributed by atoms with van der Waals surface area (Å²) in [7, 11) is 0. The first-order valence-corrected chi connectivity index (χ1v) is 6.85. The van der Waals surface area contributed by atoms with E-state index in [1.165, 1.54) is 5.56 Å². The summed E-state index contributed by atoms with van der Waals surface area (Å²) in [6, 6.07) is 8.25. The number of nitrogens with zero attached hydrogens (tertiary/aromatic N) is 2. The summed E-state index contributed by atoms with van der Waals surface area (Å²) in [5.74, 6) is 0. The predicted molar refractivity (Wildman–Crippen MR) is 78.1 cm³/mol. The fourth-order valence-corrected chi connectivity index (χ4v) is 2.60. The highest BCUT2D eigenvalue weighted by Crippen LogP contribution is 2.24. The highest BCUT2D eigenvalue weighted by atomic mass is 79.9. The Morgan fingerprint density at radius 2 is 2.00 bits per heavy atom. The van der Waals surface area contributed by atoms with Gasteiger partial charge in [-0.2, -0.15) is 5.10 Å². The number of hydrogen-bond donors (Lipinski definition) is 1. The van der Waals surface area contributed by atoms with Gasteiger partial charge >= 0.3 is 0 Å². The zero-order chi connectivity index (χ0) is 13.3. The number of nitrogens with two attached hydrogens (primary N) is 1. The molecule has 0 radical (unpaired) electrons. The number of hydrogen-bond acceptors (Lipinski definition) is 2. The van der Waals surface area contributed by atoms with E-state index >= 15 is 0 Å². The molecule has 0 spiro atoms. The largest absolute Gasteiger partial charge is 0.328 e. The first-order valence-electron chi connectivity index (χ1n) is 6.06. The molecule has 2 aromatic rings. The van der Waals surface area contributed by atoms with Crippen molar-refractivity contribution in [2.24, 2.45) is 5.73 Å². The Balaban J connectivity index is 2.51. The van der Waals surface area contributed by atoms with Gasteiger partial charge < -0.3 is 5.73 Å². The summed E-state index contributed by atoms with van der Waals surface area (Å²) >= 11 is 3.57. The molecule has 1 heterocycles. The zero-order valence-electron chi connectivity index (χ0n) is 10.9. The molecular formula is C14H18BrN3. The van der Waals surface area contributed by atoms with Crippen molar-refractivity contribution in [2.45, 2.75) is 33.2 Å². The zero-order valence-corrected chi connectivity index (χ0v) is 12.5. The molecule has 0 saturated heterocycles. The van der Waals surface area contributed by atoms with Crippen LogP contribution >= 0.6 is 15.9 Å². The summed E-state index contributed by atoms with van der Waals surface area (Å²) in [6.45, 7) is 6.16. The van der Waals surface area contributed by atoms with Gasteiger partial charge in [0, 0.05) is 16.2 Å². The summed E-state index contributed by atoms with van der Waals surface area (Å²) in [5.41, 5.74) is 10.4. The van der Waals surface area contributed by atoms with Gasteiger partial charge in [0.1, 0.15) is 0 Å². The van der Waals surface area contributed by atoms with E-state index in [0.29, 0.717) is 0 Å². The molecule has 0 amide bonds. The standard InChI is InChI=1S/C14H18BrN3/c1-9(16)8-12-10(2)17-18(11(12)3)14-7-5-4-6-13(14)15/h4-7,9H,8,16H2,1-3H3. The topological polar surface area (TPSA) is 43.8 Å². The van der Waals surface area contributed by atoms with Crippen LogP contribution in [0.15, 0.2) is 28.7 Å². The average molecular weight is 308 g/mol. The fraction of sp³-hybridized carbons (Fsp3) is 0.357. The third kappa shape index (κ3) is 2.49. The maximum atomic E-state index is 5.89. The van der Waals surface area contributed by atoms with E-state index in [9.17, 15) is 0 Å². The summed E-state index contributed by atoms with van der Waals surface area (Å²) in [4.78, 5) is 0. The smallest absolute Gasteiger partial charge is 0.0790 e. The Hall–Kier alpha value is -1.13. The third-order valence-corrected chi connectivity index (χ3v) is 3.72. The van der Waals surface area contributed by atoms with E-state index in [0.717, 1.165) is 28.0 Å². The van der Waals surface area contributed by atoms with Crippen molar-refractivity contribution in [2.75, 3.05) is 0 Å². The molecule has 96 valence electrons. The minimum Gasteiger partial charge on any atom is -0.328 e. The van der Waals surface area contributed by atoms with Crippen molar-refractivity contribution in [3.63, 3.8) is 0 Å². The van der Waals surface area contributed by atoms with Gasteiger partial charge in [-0.1, -0.05) is 12.1 Å². The number of halogens is 1. The van der Waals surface area contributed by atoms with Crippen LogP contribution in [0.3, 0.4) is 0 Å². The van der Waals surface area contributed by atoms with Crippen molar-refractivity contribution in [1.29, 1.82) is 0 Å². The molecule has 1 aromatic carbocycles. The lowest BCUT2D eigenvalue weighted by atomic mass is 10.1. The van der Waals surface area contributed by atoms with Crippen LogP contribution in [0.5, 0.6) is 0 Å². The van der Waals surface area contributed by atoms with Crippen LogP contribution in [-0.4, -0.2) is 15.8 Å². The third-order valence-electron chi connectivity index (χ3n) is 3.05. The quantitative estimate of drug-likeness (QED) is 0.946. The maximum Gasteiger partial charge on any atom is 0.0790 e. The molecule has 3 nitrogen and oxygen atoms in total. The second-order valence-corrected chi connectivity index (χ2v) is 5.55. The summed E-state index contributed by atoms with van der Waals surface area (Å²) < 4.78 is 3.03. The molecule has 18 heavy (non-hydrogen) atoms. The Kier molecular flexibility index (Phi) is 3.88. The van der Waals surface area contributed by atoms with Gasteiger partial charge in [0.05, 0.1) is 11.4 Å². The molecule has 4 heteroatoms. The van der Waals surface area contributed by atoms with E-state index in [1.54, 1.807) is 0 Å². The molecular weight excluding hydrogens is 290 g/mol. The van der Waals surface area contributed by atoms with Crippen LogP contribution in [-0.2, 0) is 6.42 Å². The first kappa shape index (κ1) is 13.3. The summed E-state index contributed by atoms with van der Waals surface area (Å²) in [5, 5.41) is 4.63. The van der Waals surface area contributed by atoms with Gasteiger partial charge in [0.15, 0.2) is 0 Å². The Morgan fingerprint density at radius 3 is 2.61 bits per heavy atom. The van der Waals surface area contributed by atoms with Crippen molar-refractivity contribution in [3.05, 3.63) is 45.7 Å². The van der Waals surface area contributed by atoms with E-state index < -0.39 is 0 Å². The number of rotatable bonds is 3. The molecule has 1 atom stereocenters. The second-order valence-electron chi connectivity index (χ2n) is 4.69. The van der Waals surface area contributed by atoms with Gasteiger partial charge in [-0.05, 0) is 60.8 Å². The Labute approximate surface area is 116 Å². The maximum absolute atomic E-state index is 5.89. The molecule has 2 rings (SSSR count). The molecule has 2 N–H and O–H groups in total. The average Bonchev–Trinajstić information content (AvgIpc) is 2.57. The Morgan fingerprint density at radius 1 is 1.33 bits per heavy atom. The van der Waals surface area contributed by atoms with Crippen molar-refractivity contribution < 1.29 is 0 Å². The van der Waals surface area contributed by atoms with Crippen molar-refractivity contribution in [3.8, 4) is 5.69 Å². The monoisotopic (exact) mass is 307 g/mol. The highest BCUT2D eigenvalue weighted by Gasteiger charge is 2.15. The molecule has 0 aliphatic carbocycles. The van der Waals surface area contributed by atoms with Gasteiger partial charge in [-0.15, -0.1) is 0 Å². The molecule has 1 aromatic heterocycles. The van der Waals surface area contributed by atoms with Crippen LogP contribution in [0, 0.1) is 13.8 Å². The molecule has 0 saturated carbocycles. The first-order chi connectivity index (χ1) is 8.50. The van der Waals surface area contributed by atoms with Gasteiger partial charge in [-0.3, -0.25) is 0 Å². The fourth-order valence-electron chi connectivity index (χ4n) is 2.15. The minimum atomic E-state index is 0.152. The van der Waals surface area contributed by atoms with Gasteiger partial charge in [0.25, 0.3) is 0 Å². The number of benzene rings is 1. The molecule has 0 aliphatic heterocycles. The van der Waals surface area contributed by atoms with E-state index in [4.69, 9.17) is 5.73 Å². The van der Waals surface area contributed by atoms with E-state index in [1.807, 2.05) is 36.7 Å². The number of aromatic nitrogens is 2. The normalized spacial score (nSPS) is 12.7. The summed E-state index contributed by atoms with van der Waals surface area (Å²) in [6.07, 6.45) is 0.863. The van der Waals surface area contributed by atoms with Crippen LogP contribution in [0.4, 0.5) is 0 Å². The predicted octanol–water partition coefficient (Wildman–Crippen LogP) is 3.14. The van der Waals surface area contributed by atoms with Gasteiger partial charge in [0.2, 0.25) is 0 Å². The van der Waals surface area contributed by atoms with Crippen LogP contribution < -0.4 is 5.73 Å². The number of para-hydroxylation sites is 1. The van der Waals surface area contributed by atoms with Gasteiger partial charge in [-0.25, -0.2) is 4.68 Å².